The molecule has 2 rings (SSSR count). The number of hydrogen-bond acceptors (Lipinski definition) is 9. The second kappa shape index (κ2) is 3.57. The summed E-state index contributed by atoms with van der Waals surface area (Å²) in [4.78, 5) is 36.0. The minimum atomic E-state index is -3.47. The van der Waals surface area contributed by atoms with Gasteiger partial charge in [0.05, 0.1) is 0 Å². The van der Waals surface area contributed by atoms with Crippen molar-refractivity contribution in [1.82, 2.24) is 0 Å². The normalized spacial score (nSPS) is 29.0. The summed E-state index contributed by atoms with van der Waals surface area (Å²) >= 11 is 0. The van der Waals surface area contributed by atoms with Gasteiger partial charge in [0.2, 0.25) is 0 Å². The van der Waals surface area contributed by atoms with Crippen LogP contribution in [0.2, 0.25) is 0 Å². The van der Waals surface area contributed by atoms with Crippen molar-refractivity contribution in [2.75, 3.05) is 0 Å². The Kier molecular flexibility index (Phi) is 2.47. The van der Waals surface area contributed by atoms with Crippen LogP contribution in [0, 0.1) is 0 Å². The number of nitrogens with zero attached hydrogens (tertiary/aromatic N) is 4. The molecule has 9 nitrogen and oxygen atoms in total. The summed E-state index contributed by atoms with van der Waals surface area (Å²) in [5, 5.41) is -2.59. The molecular weight excluding hydrogens is 256 g/mol. The van der Waals surface area contributed by atoms with Gasteiger partial charge < -0.3 is 15.5 Å². The monoisotopic (exact) mass is 259 g/mol. The van der Waals surface area contributed by atoms with E-state index in [4.69, 9.17) is 5.73 Å². The van der Waals surface area contributed by atoms with Crippen LogP contribution >= 0.6 is 16.1 Å². The van der Waals surface area contributed by atoms with Gasteiger partial charge in [-0.3, -0.25) is 0 Å². The zero-order valence-corrected chi connectivity index (χ0v) is 9.26. The zero-order valence-electron chi connectivity index (χ0n) is 7.47. The molecule has 0 aromatic rings. The molecule has 2 heterocycles. The summed E-state index contributed by atoms with van der Waals surface area (Å²) < 4.78 is 21.9. The first-order chi connectivity index (χ1) is 7.47. The number of amidine groups is 2. The van der Waals surface area contributed by atoms with Crippen molar-refractivity contribution in [1.29, 1.82) is 0 Å². The average Bonchev–Trinajstić information content (AvgIpc) is 2.64. The first kappa shape index (κ1) is 11.1. The van der Waals surface area contributed by atoms with E-state index in [2.05, 4.69) is 20.0 Å². The molecule has 2 N–H and O–H groups in total. The summed E-state index contributed by atoms with van der Waals surface area (Å²) in [7, 11) is -6.95. The van der Waals surface area contributed by atoms with E-state index >= 15 is 0 Å². The van der Waals surface area contributed by atoms with Gasteiger partial charge in [0.15, 0.2) is 17.4 Å². The molecule has 0 spiro atoms. The topological polar surface area (TPSA) is 156 Å². The molecule has 2 aliphatic heterocycles. The van der Waals surface area contributed by atoms with Crippen molar-refractivity contribution in [3.05, 3.63) is 0 Å². The summed E-state index contributed by atoms with van der Waals surface area (Å²) in [6, 6.07) is 0. The predicted molar refractivity (Wildman–Crippen MR) is 52.9 cm³/mol. The van der Waals surface area contributed by atoms with E-state index < -0.39 is 21.2 Å². The number of nitrogens with two attached hydrogens (primary N) is 1. The Morgan fingerprint density at radius 1 is 1.25 bits per heavy atom. The molecule has 0 bridgehead atoms. The molecule has 2 atom stereocenters. The Balaban J connectivity index is 2.63. The van der Waals surface area contributed by atoms with Crippen molar-refractivity contribution in [3.8, 4) is 0 Å². The van der Waals surface area contributed by atoms with Gasteiger partial charge in [0.25, 0.3) is 0 Å². The van der Waals surface area contributed by atoms with Crippen LogP contribution in [0.4, 0.5) is 0 Å². The summed E-state index contributed by atoms with van der Waals surface area (Å²) in [5.41, 5.74) is 5.47. The third-order valence-electron chi connectivity index (χ3n) is 1.84. The molecule has 82 valence electrons. The smallest absolute Gasteiger partial charge is 0.535 e. The zero-order chi connectivity index (χ0) is 11.9. The molecule has 16 heavy (non-hydrogen) atoms. The molecule has 0 amide bonds. The van der Waals surface area contributed by atoms with Crippen LogP contribution in [0.3, 0.4) is 0 Å². The number of hydrogen-bond donors (Lipinski definition) is 1. The lowest BCUT2D eigenvalue weighted by Crippen LogP contribution is -2.39. The quantitative estimate of drug-likeness (QED) is 0.570. The molecule has 2 aliphatic rings. The van der Waals surface area contributed by atoms with Crippen molar-refractivity contribution in [2.24, 2.45) is 25.7 Å². The Morgan fingerprint density at radius 2 is 1.88 bits per heavy atom. The van der Waals surface area contributed by atoms with Gasteiger partial charge in [-0.2, -0.15) is 0 Å². The third-order valence-corrected chi connectivity index (χ3v) is 4.20. The molecular formula is C5H3N5O4P2. The number of aliphatic imine (C=N–C) groups is 4. The molecule has 2 unspecified atom stereocenters. The highest BCUT2D eigenvalue weighted by atomic mass is 31.2. The standard InChI is InChI=1S/C5H3N5O4P2/c6-3-2-4(8-1-7-2)10-5(9-3,15(11)12)16(13)14/h1H,(H2,6,9). The highest BCUT2D eigenvalue weighted by Crippen LogP contribution is 2.50. The number of rotatable bonds is 2. The fourth-order valence-electron chi connectivity index (χ4n) is 1.13. The van der Waals surface area contributed by atoms with E-state index in [1.54, 1.807) is 0 Å². The van der Waals surface area contributed by atoms with E-state index in [1.165, 1.54) is 0 Å². The van der Waals surface area contributed by atoms with Crippen LogP contribution in [0.5, 0.6) is 0 Å². The van der Waals surface area contributed by atoms with Crippen LogP contribution in [-0.4, -0.2) is 28.9 Å². The lowest BCUT2D eigenvalue weighted by Gasteiger charge is -2.14. The van der Waals surface area contributed by atoms with Crippen LogP contribution in [-0.2, 0) is 9.13 Å². The molecule has 0 aromatic heterocycles. The summed E-state index contributed by atoms with van der Waals surface area (Å²) in [6.45, 7) is 0. The minimum absolute atomic E-state index is 0.0734. The maximum atomic E-state index is 10.9. The minimum Gasteiger partial charge on any atom is -0.588 e. The first-order valence-corrected chi connectivity index (χ1v) is 6.18. The Hall–Kier alpha value is -1.40. The van der Waals surface area contributed by atoms with Crippen molar-refractivity contribution in [3.63, 3.8) is 0 Å². The van der Waals surface area contributed by atoms with E-state index in [1.807, 2.05) is 0 Å². The second-order valence-electron chi connectivity index (χ2n) is 2.77. The highest BCUT2D eigenvalue weighted by molar-refractivity contribution is 7.58. The summed E-state index contributed by atoms with van der Waals surface area (Å²) in [6.07, 6.45) is 1.09. The van der Waals surface area contributed by atoms with Crippen molar-refractivity contribution in [2.45, 2.75) is 5.15 Å². The van der Waals surface area contributed by atoms with Crippen molar-refractivity contribution >= 4 is 39.8 Å². The molecule has 11 heteroatoms. The molecule has 0 fully saturated rings. The SMILES string of the molecule is NC1=NC([P+](=O)[O-])([P+](=O)[O-])N=C2N=CN=C12. The number of fused-ring (bicyclic) bond motifs is 1. The van der Waals surface area contributed by atoms with Crippen LogP contribution in [0.25, 0.3) is 0 Å². The molecule has 0 aromatic carbocycles. The Labute approximate surface area is 90.3 Å². The van der Waals surface area contributed by atoms with E-state index in [-0.39, 0.29) is 17.4 Å². The first-order valence-electron chi connectivity index (χ1n) is 3.82. The van der Waals surface area contributed by atoms with Gasteiger partial charge in [-0.1, -0.05) is 9.13 Å². The fourth-order valence-corrected chi connectivity index (χ4v) is 2.40. The van der Waals surface area contributed by atoms with E-state index in [0.29, 0.717) is 0 Å². The third kappa shape index (κ3) is 1.42. The molecule has 0 saturated carbocycles. The maximum Gasteiger partial charge on any atom is 0.535 e. The van der Waals surface area contributed by atoms with Gasteiger partial charge >= 0.3 is 21.2 Å². The van der Waals surface area contributed by atoms with Gasteiger partial charge in [-0.25, -0.2) is 9.98 Å². The van der Waals surface area contributed by atoms with Gasteiger partial charge in [0.1, 0.15) is 6.34 Å². The van der Waals surface area contributed by atoms with Crippen LogP contribution in [0.15, 0.2) is 20.0 Å². The van der Waals surface area contributed by atoms with Gasteiger partial charge in [0, 0.05) is 0 Å². The Morgan fingerprint density at radius 3 is 2.44 bits per heavy atom. The van der Waals surface area contributed by atoms with Gasteiger partial charge in [-0.15, -0.1) is 9.98 Å². The molecule has 0 aliphatic carbocycles. The lowest BCUT2D eigenvalue weighted by molar-refractivity contribution is -0.178. The predicted octanol–water partition coefficient (Wildman–Crippen LogP) is -1.94. The van der Waals surface area contributed by atoms with Gasteiger partial charge in [-0.05, 0) is 0 Å². The largest absolute Gasteiger partial charge is 0.588 e. The average molecular weight is 259 g/mol. The highest BCUT2D eigenvalue weighted by Gasteiger charge is 2.60. The Bertz CT molecular complexity index is 507. The second-order valence-corrected chi connectivity index (χ2v) is 5.40. The molecule has 0 radical (unpaired) electrons. The maximum absolute atomic E-state index is 10.9. The van der Waals surface area contributed by atoms with E-state index in [0.717, 1.165) is 6.34 Å². The van der Waals surface area contributed by atoms with Crippen LogP contribution < -0.4 is 15.5 Å². The van der Waals surface area contributed by atoms with E-state index in [9.17, 15) is 18.9 Å². The molecule has 0 saturated heterocycles. The van der Waals surface area contributed by atoms with Crippen molar-refractivity contribution < 1.29 is 18.9 Å². The lowest BCUT2D eigenvalue weighted by atomic mass is 10.3. The van der Waals surface area contributed by atoms with Crippen LogP contribution in [0.1, 0.15) is 0 Å². The summed E-state index contributed by atoms with van der Waals surface area (Å²) in [5.74, 6) is -0.466. The fraction of sp³-hybridized carbons (Fsp3) is 0.200.